The zero-order valence-corrected chi connectivity index (χ0v) is 19.9. The summed E-state index contributed by atoms with van der Waals surface area (Å²) in [5.41, 5.74) is 5.77. The van der Waals surface area contributed by atoms with Gasteiger partial charge in [-0.15, -0.1) is 5.54 Å². The molecule has 0 fully saturated rings. The molecule has 0 atom stereocenters. The van der Waals surface area contributed by atoms with Gasteiger partial charge in [0.05, 0.1) is 13.2 Å². The first-order valence-corrected chi connectivity index (χ1v) is 14.7. The summed E-state index contributed by atoms with van der Waals surface area (Å²) in [7, 11) is -1.28. The molecule has 3 nitrogen and oxygen atoms in total. The van der Waals surface area contributed by atoms with E-state index in [4.69, 9.17) is 9.47 Å². The molecule has 2 rings (SSSR count). The highest BCUT2D eigenvalue weighted by Crippen LogP contribution is 2.25. The van der Waals surface area contributed by atoms with Crippen LogP contribution < -0.4 is 4.74 Å². The van der Waals surface area contributed by atoms with E-state index in [1.165, 1.54) is 11.1 Å². The molecule has 0 saturated heterocycles. The largest absolute Gasteiger partial charge is 0.491 e. The Hall–Kier alpha value is -1.84. The van der Waals surface area contributed by atoms with Crippen LogP contribution in [-0.4, -0.2) is 52.4 Å². The average molecular weight is 428 g/mol. The lowest BCUT2D eigenvalue weighted by Gasteiger charge is -2.18. The Labute approximate surface area is 181 Å². The van der Waals surface area contributed by atoms with E-state index in [1.807, 2.05) is 18.2 Å². The maximum absolute atomic E-state index is 5.84. The number of likely N-dealkylation sites (N-methyl/N-ethyl adjacent to an activating group) is 1. The van der Waals surface area contributed by atoms with Crippen molar-refractivity contribution in [2.75, 3.05) is 39.5 Å². The molecule has 0 N–H and O–H groups in total. The fraction of sp³-hybridized carbons (Fsp3) is 0.417. The summed E-state index contributed by atoms with van der Waals surface area (Å²) in [5, 5.41) is 4.24. The van der Waals surface area contributed by atoms with Gasteiger partial charge in [0.2, 0.25) is 0 Å². The molecule has 0 bridgehead atoms. The lowest BCUT2D eigenvalue weighted by molar-refractivity contribution is 0.0832. The molecule has 0 aliphatic heterocycles. The number of nitrogens with zero attached hydrogens (tertiary/aromatic N) is 1. The van der Waals surface area contributed by atoms with Gasteiger partial charge in [-0.05, 0) is 52.7 Å². The molecule has 0 saturated carbocycles. The molecule has 5 heteroatoms. The van der Waals surface area contributed by atoms with Crippen molar-refractivity contribution in [2.24, 2.45) is 0 Å². The van der Waals surface area contributed by atoms with Crippen molar-refractivity contribution in [1.29, 1.82) is 0 Å². The summed E-state index contributed by atoms with van der Waals surface area (Å²) in [5.74, 6) is 4.06. The molecule has 1 aromatic carbocycles. The van der Waals surface area contributed by atoms with Gasteiger partial charge in [-0.2, -0.15) is 11.3 Å². The number of allylic oxidation sites excluding steroid dienone is 1. The Morgan fingerprint density at radius 3 is 2.69 bits per heavy atom. The van der Waals surface area contributed by atoms with E-state index in [0.29, 0.717) is 19.8 Å². The van der Waals surface area contributed by atoms with Gasteiger partial charge in [-0.25, -0.2) is 0 Å². The molecule has 0 amide bonds. The zero-order chi connectivity index (χ0) is 21.0. The second kappa shape index (κ2) is 12.7. The summed E-state index contributed by atoms with van der Waals surface area (Å²) >= 11 is 1.71. The molecule has 0 radical (unpaired) electrons. The third kappa shape index (κ3) is 9.96. The smallest absolute Gasteiger partial charge is 0.129 e. The van der Waals surface area contributed by atoms with Crippen molar-refractivity contribution in [3.63, 3.8) is 0 Å². The third-order valence-electron chi connectivity index (χ3n) is 4.20. The Morgan fingerprint density at radius 2 is 1.97 bits per heavy atom. The Morgan fingerprint density at radius 1 is 1.10 bits per heavy atom. The van der Waals surface area contributed by atoms with Crippen molar-refractivity contribution in [3.05, 3.63) is 53.2 Å². The number of thiophene rings is 1. The minimum atomic E-state index is -1.28. The van der Waals surface area contributed by atoms with E-state index in [-0.39, 0.29) is 0 Å². The van der Waals surface area contributed by atoms with E-state index in [1.54, 1.807) is 11.3 Å². The highest BCUT2D eigenvalue weighted by molar-refractivity contribution is 7.08. The van der Waals surface area contributed by atoms with Crippen LogP contribution >= 0.6 is 11.3 Å². The van der Waals surface area contributed by atoms with Crippen LogP contribution in [0.1, 0.15) is 6.92 Å². The Balaban J connectivity index is 1.62. The van der Waals surface area contributed by atoms with Crippen LogP contribution in [0, 0.1) is 11.5 Å². The summed E-state index contributed by atoms with van der Waals surface area (Å²) in [6.07, 6.45) is 4.13. The van der Waals surface area contributed by atoms with E-state index in [0.717, 1.165) is 25.4 Å². The van der Waals surface area contributed by atoms with Gasteiger partial charge in [0.25, 0.3) is 0 Å². The monoisotopic (exact) mass is 427 g/mol. The van der Waals surface area contributed by atoms with Crippen molar-refractivity contribution in [3.8, 4) is 28.3 Å². The molecule has 0 aliphatic carbocycles. The van der Waals surface area contributed by atoms with Gasteiger partial charge >= 0.3 is 0 Å². The first-order chi connectivity index (χ1) is 14.0. The number of rotatable bonds is 11. The predicted octanol–water partition coefficient (Wildman–Crippen LogP) is 5.57. The van der Waals surface area contributed by atoms with Crippen molar-refractivity contribution >= 4 is 19.4 Å². The Kier molecular flexibility index (Phi) is 10.2. The number of hydrogen-bond donors (Lipinski definition) is 0. The van der Waals surface area contributed by atoms with Crippen LogP contribution in [0.4, 0.5) is 0 Å². The van der Waals surface area contributed by atoms with E-state index in [9.17, 15) is 0 Å². The normalized spacial score (nSPS) is 11.6. The van der Waals surface area contributed by atoms with Crippen molar-refractivity contribution < 1.29 is 9.47 Å². The highest BCUT2D eigenvalue weighted by atomic mass is 32.1. The molecule has 0 aliphatic rings. The van der Waals surface area contributed by atoms with Crippen LogP contribution in [0.3, 0.4) is 0 Å². The third-order valence-corrected chi connectivity index (χ3v) is 5.77. The molecule has 1 heterocycles. The molecule has 29 heavy (non-hydrogen) atoms. The van der Waals surface area contributed by atoms with Gasteiger partial charge in [-0.1, -0.05) is 50.7 Å². The van der Waals surface area contributed by atoms with Gasteiger partial charge in [0.1, 0.15) is 20.4 Å². The highest BCUT2D eigenvalue weighted by Gasteiger charge is 2.06. The lowest BCUT2D eigenvalue weighted by atomic mass is 10.1. The van der Waals surface area contributed by atoms with Crippen LogP contribution in [0.15, 0.2) is 53.2 Å². The second-order valence-corrected chi connectivity index (χ2v) is 13.3. The van der Waals surface area contributed by atoms with E-state index < -0.39 is 8.07 Å². The van der Waals surface area contributed by atoms with Crippen LogP contribution in [-0.2, 0) is 4.74 Å². The SMILES string of the molecule is CCN(CC=CC#C[Si](C)(C)C)CCOCCOc1cccc(-c2ccsc2)c1. The molecule has 2 aromatic rings. The number of benzene rings is 1. The molecule has 156 valence electrons. The number of ether oxygens (including phenoxy) is 2. The summed E-state index contributed by atoms with van der Waals surface area (Å²) in [6.45, 7) is 13.6. The minimum Gasteiger partial charge on any atom is -0.491 e. The van der Waals surface area contributed by atoms with Crippen LogP contribution in [0.5, 0.6) is 5.75 Å². The lowest BCUT2D eigenvalue weighted by Crippen LogP contribution is -2.28. The van der Waals surface area contributed by atoms with E-state index in [2.05, 4.69) is 78.0 Å². The van der Waals surface area contributed by atoms with Crippen LogP contribution in [0.2, 0.25) is 19.6 Å². The fourth-order valence-corrected chi connectivity index (χ4v) is 3.79. The quantitative estimate of drug-likeness (QED) is 0.266. The second-order valence-electron chi connectivity index (χ2n) is 7.82. The number of hydrogen-bond acceptors (Lipinski definition) is 4. The maximum Gasteiger partial charge on any atom is 0.129 e. The van der Waals surface area contributed by atoms with Crippen LogP contribution in [0.25, 0.3) is 11.1 Å². The van der Waals surface area contributed by atoms with Gasteiger partial charge < -0.3 is 9.47 Å². The zero-order valence-electron chi connectivity index (χ0n) is 18.1. The maximum atomic E-state index is 5.84. The topological polar surface area (TPSA) is 21.7 Å². The van der Waals surface area contributed by atoms with Crippen molar-refractivity contribution in [1.82, 2.24) is 4.90 Å². The molecule has 0 spiro atoms. The molecule has 1 aromatic heterocycles. The standard InChI is InChI=1S/C24H33NO2SSi/c1-5-25(13-7-6-8-19-29(2,3)4)14-15-26-16-17-27-24-11-9-10-22(20-24)23-12-18-28-21-23/h6-7,9-12,18,20-21H,5,13-17H2,1-4H3. The minimum absolute atomic E-state index is 0.561. The average Bonchev–Trinajstić information content (AvgIpc) is 3.23. The van der Waals surface area contributed by atoms with Gasteiger partial charge in [-0.3, -0.25) is 4.90 Å². The first-order valence-electron chi connectivity index (χ1n) is 10.2. The molecule has 0 unspecified atom stereocenters. The summed E-state index contributed by atoms with van der Waals surface area (Å²) in [4.78, 5) is 2.35. The van der Waals surface area contributed by atoms with E-state index >= 15 is 0 Å². The first kappa shape index (κ1) is 23.4. The fourth-order valence-electron chi connectivity index (χ4n) is 2.61. The van der Waals surface area contributed by atoms with Gasteiger partial charge in [0.15, 0.2) is 0 Å². The van der Waals surface area contributed by atoms with Crippen molar-refractivity contribution in [2.45, 2.75) is 26.6 Å². The summed E-state index contributed by atoms with van der Waals surface area (Å²) in [6, 6.07) is 10.3. The molecular formula is C24H33NO2SSi. The van der Waals surface area contributed by atoms with Gasteiger partial charge in [0, 0.05) is 13.1 Å². The molecular weight excluding hydrogens is 394 g/mol. The summed E-state index contributed by atoms with van der Waals surface area (Å²) < 4.78 is 11.6. The predicted molar refractivity (Wildman–Crippen MR) is 128 cm³/mol. The Bertz CT molecular complexity index is 800.